The van der Waals surface area contributed by atoms with E-state index in [0.29, 0.717) is 22.9 Å². The van der Waals surface area contributed by atoms with E-state index in [1.165, 1.54) is 11.3 Å². The largest absolute Gasteiger partial charge is 0.490 e. The van der Waals surface area contributed by atoms with Gasteiger partial charge in [-0.25, -0.2) is 14.3 Å². The fourth-order valence-corrected chi connectivity index (χ4v) is 3.63. The van der Waals surface area contributed by atoms with Gasteiger partial charge in [0.15, 0.2) is 0 Å². The van der Waals surface area contributed by atoms with Gasteiger partial charge < -0.3 is 20.6 Å². The third-order valence-electron chi connectivity index (χ3n) is 4.52. The van der Waals surface area contributed by atoms with Gasteiger partial charge in [-0.05, 0) is 25.1 Å². The van der Waals surface area contributed by atoms with Crippen LogP contribution in [0.3, 0.4) is 0 Å². The summed E-state index contributed by atoms with van der Waals surface area (Å²) in [6.07, 6.45) is -2.34. The van der Waals surface area contributed by atoms with E-state index in [1.807, 2.05) is 6.07 Å². The van der Waals surface area contributed by atoms with E-state index in [9.17, 15) is 18.0 Å². The van der Waals surface area contributed by atoms with Crippen LogP contribution in [-0.2, 0) is 4.79 Å². The third kappa shape index (κ3) is 5.96. The smallest absolute Gasteiger partial charge is 0.475 e. The highest BCUT2D eigenvalue weighted by Crippen LogP contribution is 2.21. The number of aliphatic carboxylic acids is 1. The fraction of sp³-hybridized carbons (Fsp3) is 0.316. The summed E-state index contributed by atoms with van der Waals surface area (Å²) in [6.45, 7) is 3.57. The molecule has 0 unspecified atom stereocenters. The van der Waals surface area contributed by atoms with Crippen LogP contribution in [0.1, 0.15) is 22.5 Å². The molecule has 0 atom stereocenters. The number of hydrogen-bond donors (Lipinski definition) is 3. The molecule has 3 aromatic rings. The van der Waals surface area contributed by atoms with Crippen LogP contribution in [0.4, 0.5) is 24.8 Å². The van der Waals surface area contributed by atoms with Gasteiger partial charge in [-0.2, -0.15) is 18.4 Å². The predicted octanol–water partition coefficient (Wildman–Crippen LogP) is 2.35. The van der Waals surface area contributed by atoms with E-state index in [2.05, 4.69) is 31.7 Å². The summed E-state index contributed by atoms with van der Waals surface area (Å²) in [4.78, 5) is 28.1. The van der Waals surface area contributed by atoms with Gasteiger partial charge in [-0.3, -0.25) is 4.79 Å². The van der Waals surface area contributed by atoms with Crippen LogP contribution >= 0.6 is 11.3 Å². The second-order valence-electron chi connectivity index (χ2n) is 6.77. The van der Waals surface area contributed by atoms with E-state index >= 15 is 0 Å². The van der Waals surface area contributed by atoms with Crippen molar-refractivity contribution in [1.82, 2.24) is 19.9 Å². The Labute approximate surface area is 189 Å². The summed E-state index contributed by atoms with van der Waals surface area (Å²) in [5, 5.41) is 30.4. The summed E-state index contributed by atoms with van der Waals surface area (Å²) in [7, 11) is 0. The number of carbonyl (C=O) groups excluding carboxylic acids is 1. The van der Waals surface area contributed by atoms with Gasteiger partial charge in [0.25, 0.3) is 5.91 Å². The van der Waals surface area contributed by atoms with Crippen LogP contribution in [0.2, 0.25) is 0 Å². The average Bonchev–Trinajstić information content (AvgIpc) is 3.30. The Kier molecular flexibility index (Phi) is 7.46. The molecule has 0 bridgehead atoms. The fourth-order valence-electron chi connectivity index (χ4n) is 2.92. The van der Waals surface area contributed by atoms with Gasteiger partial charge in [-0.1, -0.05) is 0 Å². The quantitative estimate of drug-likeness (QED) is 0.519. The van der Waals surface area contributed by atoms with Crippen molar-refractivity contribution in [1.29, 1.82) is 5.26 Å². The monoisotopic (exact) mass is 481 g/mol. The molecule has 4 rings (SSSR count). The molecule has 0 aliphatic carbocycles. The molecule has 0 radical (unpaired) electrons. The predicted molar refractivity (Wildman–Crippen MR) is 113 cm³/mol. The summed E-state index contributed by atoms with van der Waals surface area (Å²) < 4.78 is 33.3. The molecule has 4 heterocycles. The number of halogens is 3. The first-order chi connectivity index (χ1) is 15.7. The normalized spacial score (nSPS) is 14.1. The number of thiophene rings is 1. The van der Waals surface area contributed by atoms with Gasteiger partial charge in [0.2, 0.25) is 5.95 Å². The number of alkyl halides is 3. The van der Waals surface area contributed by atoms with Gasteiger partial charge >= 0.3 is 12.1 Å². The van der Waals surface area contributed by atoms with Crippen molar-refractivity contribution < 1.29 is 27.9 Å². The van der Waals surface area contributed by atoms with Gasteiger partial charge in [0.05, 0.1) is 23.0 Å². The van der Waals surface area contributed by atoms with Crippen molar-refractivity contribution in [2.75, 3.05) is 36.4 Å². The molecule has 1 amide bonds. The number of fused-ring (bicyclic) bond motifs is 1. The number of carboxylic acid groups (broad SMARTS) is 1. The SMILES string of the molecule is N#Cc1cscc1NC(=O)c1ccc2cnc(N3CCCNCC3)nn12.O=C(O)C(F)(F)F. The molecule has 3 aromatic heterocycles. The molecule has 174 valence electrons. The number of anilines is 2. The summed E-state index contributed by atoms with van der Waals surface area (Å²) >= 11 is 1.37. The van der Waals surface area contributed by atoms with Gasteiger partial charge in [0, 0.05) is 30.4 Å². The summed E-state index contributed by atoms with van der Waals surface area (Å²) in [5.74, 6) is -2.45. The first kappa shape index (κ1) is 24.0. The van der Waals surface area contributed by atoms with Gasteiger partial charge in [0.1, 0.15) is 11.8 Å². The number of rotatable bonds is 3. The van der Waals surface area contributed by atoms with Crippen LogP contribution in [0.25, 0.3) is 5.52 Å². The Morgan fingerprint density at radius 2 is 2.00 bits per heavy atom. The third-order valence-corrected chi connectivity index (χ3v) is 5.26. The van der Waals surface area contributed by atoms with Crippen LogP contribution < -0.4 is 15.5 Å². The van der Waals surface area contributed by atoms with Crippen molar-refractivity contribution in [2.45, 2.75) is 12.6 Å². The Morgan fingerprint density at radius 3 is 2.70 bits per heavy atom. The van der Waals surface area contributed by atoms with Crippen LogP contribution in [0, 0.1) is 11.3 Å². The lowest BCUT2D eigenvalue weighted by molar-refractivity contribution is -0.192. The molecule has 1 aliphatic rings. The lowest BCUT2D eigenvalue weighted by atomic mass is 10.3. The van der Waals surface area contributed by atoms with E-state index in [-0.39, 0.29) is 5.91 Å². The minimum absolute atomic E-state index is 0.304. The Balaban J connectivity index is 0.000000383. The molecule has 10 nitrogen and oxygen atoms in total. The Hall–Kier alpha value is -3.70. The van der Waals surface area contributed by atoms with Gasteiger partial charge in [-0.15, -0.1) is 16.4 Å². The highest BCUT2D eigenvalue weighted by atomic mass is 32.1. The first-order valence-electron chi connectivity index (χ1n) is 9.59. The van der Waals surface area contributed by atoms with E-state index < -0.39 is 12.1 Å². The van der Waals surface area contributed by atoms with Crippen molar-refractivity contribution in [3.05, 3.63) is 40.3 Å². The highest BCUT2D eigenvalue weighted by Gasteiger charge is 2.38. The maximum Gasteiger partial charge on any atom is 0.490 e. The topological polar surface area (TPSA) is 136 Å². The number of amides is 1. The number of nitrogens with zero attached hydrogens (tertiary/aromatic N) is 5. The van der Waals surface area contributed by atoms with Crippen molar-refractivity contribution in [3.8, 4) is 6.07 Å². The molecular weight excluding hydrogens is 463 g/mol. The number of nitriles is 1. The van der Waals surface area contributed by atoms with E-state index in [1.54, 1.807) is 27.5 Å². The molecule has 33 heavy (non-hydrogen) atoms. The molecule has 3 N–H and O–H groups in total. The molecular formula is C19H18F3N7O3S. The minimum atomic E-state index is -5.08. The zero-order chi connectivity index (χ0) is 24.0. The molecule has 0 saturated carbocycles. The molecule has 1 fully saturated rings. The van der Waals surface area contributed by atoms with Crippen molar-refractivity contribution in [3.63, 3.8) is 0 Å². The Morgan fingerprint density at radius 1 is 1.24 bits per heavy atom. The van der Waals surface area contributed by atoms with E-state index in [0.717, 1.165) is 38.1 Å². The number of nitrogens with one attached hydrogen (secondary N) is 2. The second kappa shape index (κ2) is 10.3. The van der Waals surface area contributed by atoms with Crippen LogP contribution in [0.5, 0.6) is 0 Å². The molecule has 0 aromatic carbocycles. The molecule has 1 saturated heterocycles. The number of aromatic nitrogens is 3. The summed E-state index contributed by atoms with van der Waals surface area (Å²) in [6, 6.07) is 5.59. The molecule has 0 spiro atoms. The first-order valence-corrected chi connectivity index (χ1v) is 10.5. The average molecular weight is 481 g/mol. The lowest BCUT2D eigenvalue weighted by Crippen LogP contribution is -2.30. The maximum absolute atomic E-state index is 12.7. The zero-order valence-corrected chi connectivity index (χ0v) is 17.8. The number of carboxylic acids is 1. The second-order valence-corrected chi connectivity index (χ2v) is 7.52. The summed E-state index contributed by atoms with van der Waals surface area (Å²) in [5.41, 5.74) is 2.13. The van der Waals surface area contributed by atoms with Crippen molar-refractivity contribution in [2.24, 2.45) is 0 Å². The Bertz CT molecular complexity index is 1180. The highest BCUT2D eigenvalue weighted by molar-refractivity contribution is 7.08. The standard InChI is InChI=1S/C17H17N7OS.C2HF3O2/c18-8-12-10-26-11-14(12)21-16(25)15-3-2-13-9-20-17(22-24(13)15)23-6-1-4-19-5-7-23;3-2(4,5)1(6)7/h2-3,9-11,19H,1,4-7H2,(H,21,25);(H,6,7). The molecule has 14 heteroatoms. The van der Waals surface area contributed by atoms with Crippen LogP contribution in [0.15, 0.2) is 29.1 Å². The zero-order valence-electron chi connectivity index (χ0n) is 17.0. The lowest BCUT2D eigenvalue weighted by Gasteiger charge is -2.19. The van der Waals surface area contributed by atoms with E-state index in [4.69, 9.17) is 15.2 Å². The minimum Gasteiger partial charge on any atom is -0.475 e. The maximum atomic E-state index is 12.7. The van der Waals surface area contributed by atoms with Crippen molar-refractivity contribution >= 4 is 40.4 Å². The number of hydrogen-bond acceptors (Lipinski definition) is 8. The molecule has 1 aliphatic heterocycles. The van der Waals surface area contributed by atoms with Crippen LogP contribution in [-0.4, -0.2) is 63.9 Å². The number of carbonyl (C=O) groups is 2.